The lowest BCUT2D eigenvalue weighted by Crippen LogP contribution is -2.52. The van der Waals surface area contributed by atoms with Crippen molar-refractivity contribution in [3.63, 3.8) is 0 Å². The van der Waals surface area contributed by atoms with Gasteiger partial charge in [0.05, 0.1) is 12.0 Å². The van der Waals surface area contributed by atoms with Crippen LogP contribution in [0.4, 0.5) is 0 Å². The van der Waals surface area contributed by atoms with Crippen molar-refractivity contribution in [2.24, 2.45) is 0 Å². The third kappa shape index (κ3) is 2.43. The van der Waals surface area contributed by atoms with Gasteiger partial charge in [-0.3, -0.25) is 9.59 Å². The molecule has 1 aromatic carbocycles. The predicted octanol–water partition coefficient (Wildman–Crippen LogP) is 2.65. The quantitative estimate of drug-likeness (QED) is 0.737. The van der Waals surface area contributed by atoms with Gasteiger partial charge in [-0.25, -0.2) is 0 Å². The van der Waals surface area contributed by atoms with Gasteiger partial charge in [0.15, 0.2) is 5.78 Å². The number of rotatable bonds is 0. The molecule has 0 unspecified atom stereocenters. The maximum atomic E-state index is 12.5. The molecule has 1 spiro atoms. The Bertz CT molecular complexity index is 613. The van der Waals surface area contributed by atoms with E-state index in [-0.39, 0.29) is 11.7 Å². The predicted molar refractivity (Wildman–Crippen MR) is 79.7 cm³/mol. The second-order valence-corrected chi connectivity index (χ2v) is 6.35. The zero-order valence-electron chi connectivity index (χ0n) is 12.9. The molecule has 0 bridgehead atoms. The van der Waals surface area contributed by atoms with Crippen LogP contribution in [0.2, 0.25) is 0 Å². The number of ketones is 1. The molecule has 1 aromatic rings. The number of aryl methyl sites for hydroxylation is 2. The Hall–Kier alpha value is -1.84. The molecule has 0 aliphatic carbocycles. The minimum Gasteiger partial charge on any atom is -0.486 e. The van der Waals surface area contributed by atoms with E-state index < -0.39 is 5.60 Å². The number of carbonyl (C=O) groups is 2. The number of ether oxygens (including phenoxy) is 1. The molecule has 0 saturated carbocycles. The first-order chi connectivity index (χ1) is 9.90. The zero-order valence-corrected chi connectivity index (χ0v) is 12.9. The van der Waals surface area contributed by atoms with Crippen LogP contribution < -0.4 is 4.74 Å². The highest BCUT2D eigenvalue weighted by Gasteiger charge is 2.43. The molecule has 4 nitrogen and oxygen atoms in total. The van der Waals surface area contributed by atoms with Crippen molar-refractivity contribution in [3.05, 3.63) is 28.8 Å². The maximum Gasteiger partial charge on any atom is 0.219 e. The molecular formula is C17H21NO3. The number of amides is 1. The van der Waals surface area contributed by atoms with Crippen molar-refractivity contribution in [2.45, 2.75) is 45.6 Å². The Morgan fingerprint density at radius 3 is 2.52 bits per heavy atom. The lowest BCUT2D eigenvalue weighted by atomic mass is 9.81. The minimum atomic E-state index is -0.421. The molecule has 4 heteroatoms. The number of carbonyl (C=O) groups excluding carboxylic acids is 2. The lowest BCUT2D eigenvalue weighted by Gasteiger charge is -2.44. The van der Waals surface area contributed by atoms with Crippen LogP contribution in [-0.4, -0.2) is 35.3 Å². The monoisotopic (exact) mass is 287 g/mol. The number of fused-ring (bicyclic) bond motifs is 1. The van der Waals surface area contributed by atoms with Crippen molar-refractivity contribution in [2.75, 3.05) is 13.1 Å². The van der Waals surface area contributed by atoms with Crippen molar-refractivity contribution in [3.8, 4) is 5.75 Å². The van der Waals surface area contributed by atoms with Crippen LogP contribution in [0.3, 0.4) is 0 Å². The van der Waals surface area contributed by atoms with E-state index in [2.05, 4.69) is 6.07 Å². The molecule has 0 aromatic heterocycles. The van der Waals surface area contributed by atoms with Gasteiger partial charge in [0.2, 0.25) is 5.91 Å². The van der Waals surface area contributed by atoms with E-state index in [1.165, 1.54) is 0 Å². The molecule has 1 saturated heterocycles. The second-order valence-electron chi connectivity index (χ2n) is 6.35. The topological polar surface area (TPSA) is 46.6 Å². The Morgan fingerprint density at radius 2 is 1.90 bits per heavy atom. The number of Topliss-reactive ketones (excluding diaryl/α,β-unsaturated/α-hetero) is 1. The smallest absolute Gasteiger partial charge is 0.219 e. The minimum absolute atomic E-state index is 0.0965. The summed E-state index contributed by atoms with van der Waals surface area (Å²) in [5.74, 6) is 1.01. The van der Waals surface area contributed by atoms with Crippen molar-refractivity contribution in [1.29, 1.82) is 0 Å². The highest BCUT2D eigenvalue weighted by Crippen LogP contribution is 2.41. The largest absolute Gasteiger partial charge is 0.486 e. The number of hydrogen-bond acceptors (Lipinski definition) is 3. The fourth-order valence-corrected chi connectivity index (χ4v) is 3.45. The van der Waals surface area contributed by atoms with E-state index in [1.54, 1.807) is 6.92 Å². The van der Waals surface area contributed by atoms with Gasteiger partial charge in [0.25, 0.3) is 0 Å². The molecule has 0 radical (unpaired) electrons. The summed E-state index contributed by atoms with van der Waals surface area (Å²) in [6.45, 7) is 6.91. The molecule has 2 heterocycles. The average molecular weight is 287 g/mol. The van der Waals surface area contributed by atoms with Crippen LogP contribution in [0, 0.1) is 13.8 Å². The van der Waals surface area contributed by atoms with Gasteiger partial charge in [-0.2, -0.15) is 0 Å². The molecule has 3 rings (SSSR count). The van der Waals surface area contributed by atoms with Crippen molar-refractivity contribution in [1.82, 2.24) is 4.90 Å². The van der Waals surface area contributed by atoms with E-state index in [4.69, 9.17) is 4.74 Å². The van der Waals surface area contributed by atoms with E-state index >= 15 is 0 Å². The first-order valence-electron chi connectivity index (χ1n) is 7.49. The van der Waals surface area contributed by atoms with Crippen LogP contribution in [0.1, 0.15) is 47.7 Å². The summed E-state index contributed by atoms with van der Waals surface area (Å²) in [4.78, 5) is 25.8. The first-order valence-corrected chi connectivity index (χ1v) is 7.49. The molecule has 0 atom stereocenters. The maximum absolute atomic E-state index is 12.5. The Labute approximate surface area is 125 Å². The Balaban J connectivity index is 1.89. The summed E-state index contributed by atoms with van der Waals surface area (Å²) >= 11 is 0. The number of likely N-dealkylation sites (tertiary alicyclic amines) is 1. The summed E-state index contributed by atoms with van der Waals surface area (Å²) in [5.41, 5.74) is 2.40. The average Bonchev–Trinajstić information content (AvgIpc) is 2.41. The fourth-order valence-electron chi connectivity index (χ4n) is 3.45. The summed E-state index contributed by atoms with van der Waals surface area (Å²) in [6.07, 6.45) is 1.88. The van der Waals surface area contributed by atoms with Gasteiger partial charge in [-0.05, 0) is 31.0 Å². The van der Waals surface area contributed by atoms with Gasteiger partial charge >= 0.3 is 0 Å². The SMILES string of the molecule is CC(=O)N1CCC2(CC1)CC(=O)c1cc(C)cc(C)c1O2. The summed E-state index contributed by atoms with van der Waals surface area (Å²) in [7, 11) is 0. The normalized spacial score (nSPS) is 20.1. The second kappa shape index (κ2) is 4.86. The van der Waals surface area contributed by atoms with E-state index in [0.29, 0.717) is 25.1 Å². The molecular weight excluding hydrogens is 266 g/mol. The van der Waals surface area contributed by atoms with Gasteiger partial charge in [-0.1, -0.05) is 6.07 Å². The fraction of sp³-hybridized carbons (Fsp3) is 0.529. The first kappa shape index (κ1) is 14.1. The van der Waals surface area contributed by atoms with Gasteiger partial charge in [0.1, 0.15) is 11.4 Å². The summed E-state index contributed by atoms with van der Waals surface area (Å²) < 4.78 is 6.29. The highest BCUT2D eigenvalue weighted by molar-refractivity contribution is 6.01. The zero-order chi connectivity index (χ0) is 15.2. The molecule has 21 heavy (non-hydrogen) atoms. The van der Waals surface area contributed by atoms with Crippen LogP contribution >= 0.6 is 0 Å². The molecule has 1 amide bonds. The molecule has 0 N–H and O–H groups in total. The van der Waals surface area contributed by atoms with Gasteiger partial charge < -0.3 is 9.64 Å². The molecule has 2 aliphatic heterocycles. The summed E-state index contributed by atoms with van der Waals surface area (Å²) in [6, 6.07) is 3.97. The van der Waals surface area contributed by atoms with Gasteiger partial charge in [0, 0.05) is 32.9 Å². The van der Waals surface area contributed by atoms with E-state index in [9.17, 15) is 9.59 Å². The third-order valence-corrected chi connectivity index (χ3v) is 4.64. The molecule has 2 aliphatic rings. The Kier molecular flexibility index (Phi) is 3.27. The van der Waals surface area contributed by atoms with Gasteiger partial charge in [-0.15, -0.1) is 0 Å². The number of hydrogen-bond donors (Lipinski definition) is 0. The van der Waals surface area contributed by atoms with E-state index in [0.717, 1.165) is 29.7 Å². The molecule has 1 fully saturated rings. The standard InChI is InChI=1S/C17H21NO3/c1-11-8-12(2)16-14(9-11)15(20)10-17(21-16)4-6-18(7-5-17)13(3)19/h8-9H,4-7,10H2,1-3H3. The van der Waals surface area contributed by atoms with Crippen LogP contribution in [0.15, 0.2) is 12.1 Å². The van der Waals surface area contributed by atoms with Crippen molar-refractivity contribution >= 4 is 11.7 Å². The number of piperidine rings is 1. The third-order valence-electron chi connectivity index (χ3n) is 4.64. The number of benzene rings is 1. The van der Waals surface area contributed by atoms with E-state index in [1.807, 2.05) is 24.8 Å². The number of nitrogens with zero attached hydrogens (tertiary/aromatic N) is 1. The van der Waals surface area contributed by atoms with Crippen LogP contribution in [0.25, 0.3) is 0 Å². The lowest BCUT2D eigenvalue weighted by molar-refractivity contribution is -0.132. The summed E-state index contributed by atoms with van der Waals surface area (Å²) in [5, 5.41) is 0. The van der Waals surface area contributed by atoms with Crippen LogP contribution in [-0.2, 0) is 4.79 Å². The van der Waals surface area contributed by atoms with Crippen molar-refractivity contribution < 1.29 is 14.3 Å². The highest BCUT2D eigenvalue weighted by atomic mass is 16.5. The molecule has 112 valence electrons. The Morgan fingerprint density at radius 1 is 1.24 bits per heavy atom. The van der Waals surface area contributed by atoms with Crippen LogP contribution in [0.5, 0.6) is 5.75 Å².